The van der Waals surface area contributed by atoms with E-state index in [2.05, 4.69) is 10.2 Å². The molecule has 1 N–H and O–H groups in total. The van der Waals surface area contributed by atoms with Crippen molar-refractivity contribution in [1.82, 2.24) is 10.2 Å². The van der Waals surface area contributed by atoms with Gasteiger partial charge >= 0.3 is 6.03 Å². The van der Waals surface area contributed by atoms with Crippen LogP contribution in [0.2, 0.25) is 10.0 Å². The number of hydrogen-bond donors (Lipinski definition) is 1. The molecule has 4 nitrogen and oxygen atoms in total. The topological polar surface area (TPSA) is 35.6 Å². The van der Waals surface area contributed by atoms with Crippen LogP contribution in [0.25, 0.3) is 0 Å². The van der Waals surface area contributed by atoms with E-state index in [1.165, 1.54) is 6.07 Å². The Balaban J connectivity index is 1.45. The van der Waals surface area contributed by atoms with Crippen LogP contribution in [0.4, 0.5) is 14.9 Å². The Morgan fingerprint density at radius 1 is 1.08 bits per heavy atom. The predicted molar refractivity (Wildman–Crippen MR) is 104 cm³/mol. The predicted octanol–water partition coefficient (Wildman–Crippen LogP) is 4.21. The summed E-state index contributed by atoms with van der Waals surface area (Å²) in [7, 11) is 0. The normalized spacial score (nSPS) is 14.4. The van der Waals surface area contributed by atoms with Crippen LogP contribution in [-0.2, 0) is 6.42 Å². The molecule has 1 aliphatic heterocycles. The number of halogens is 3. The molecule has 0 aliphatic carbocycles. The first-order chi connectivity index (χ1) is 12.5. The maximum Gasteiger partial charge on any atom is 0.317 e. The van der Waals surface area contributed by atoms with Gasteiger partial charge in [0.2, 0.25) is 0 Å². The second kappa shape index (κ2) is 8.60. The Morgan fingerprint density at radius 2 is 1.85 bits per heavy atom. The van der Waals surface area contributed by atoms with E-state index in [4.69, 9.17) is 23.2 Å². The Bertz CT molecular complexity index is 779. The van der Waals surface area contributed by atoms with Gasteiger partial charge in [0, 0.05) is 43.4 Å². The van der Waals surface area contributed by atoms with Gasteiger partial charge in [0.05, 0.1) is 5.02 Å². The molecule has 1 fully saturated rings. The van der Waals surface area contributed by atoms with E-state index in [1.807, 2.05) is 24.3 Å². The second-order valence-corrected chi connectivity index (χ2v) is 7.03. The van der Waals surface area contributed by atoms with Crippen LogP contribution in [0.3, 0.4) is 0 Å². The van der Waals surface area contributed by atoms with Crippen LogP contribution in [0, 0.1) is 5.82 Å². The van der Waals surface area contributed by atoms with Gasteiger partial charge in [-0.2, -0.15) is 0 Å². The maximum atomic E-state index is 13.3. The molecule has 138 valence electrons. The number of carbonyl (C=O) groups is 1. The van der Waals surface area contributed by atoms with Crippen LogP contribution in [0.5, 0.6) is 0 Å². The minimum atomic E-state index is -0.423. The first kappa shape index (κ1) is 18.8. The van der Waals surface area contributed by atoms with Crippen molar-refractivity contribution in [3.8, 4) is 0 Å². The van der Waals surface area contributed by atoms with Gasteiger partial charge in [-0.1, -0.05) is 35.3 Å². The molecule has 26 heavy (non-hydrogen) atoms. The zero-order valence-corrected chi connectivity index (χ0v) is 15.7. The van der Waals surface area contributed by atoms with E-state index in [9.17, 15) is 9.18 Å². The molecule has 0 spiro atoms. The molecular formula is C19H20Cl2FN3O. The number of benzene rings is 2. The fourth-order valence-corrected chi connectivity index (χ4v) is 3.36. The van der Waals surface area contributed by atoms with Crippen molar-refractivity contribution >= 4 is 34.9 Å². The summed E-state index contributed by atoms with van der Waals surface area (Å²) in [6.07, 6.45) is 0.736. The number of piperazine rings is 1. The second-order valence-electron chi connectivity index (χ2n) is 6.18. The molecule has 1 saturated heterocycles. The average molecular weight is 396 g/mol. The lowest BCUT2D eigenvalue weighted by atomic mass is 10.1. The molecule has 7 heteroatoms. The summed E-state index contributed by atoms with van der Waals surface area (Å²) in [6, 6.07) is 12.3. The summed E-state index contributed by atoms with van der Waals surface area (Å²) in [5.74, 6) is -0.423. The number of hydrogen-bond acceptors (Lipinski definition) is 2. The number of nitrogens with zero attached hydrogens (tertiary/aromatic N) is 2. The van der Waals surface area contributed by atoms with Crippen molar-refractivity contribution in [2.75, 3.05) is 37.6 Å². The summed E-state index contributed by atoms with van der Waals surface area (Å²) in [4.78, 5) is 16.2. The zero-order chi connectivity index (χ0) is 18.5. The van der Waals surface area contributed by atoms with Crippen molar-refractivity contribution in [3.05, 3.63) is 63.9 Å². The third kappa shape index (κ3) is 4.80. The van der Waals surface area contributed by atoms with Crippen LogP contribution < -0.4 is 10.2 Å². The largest absolute Gasteiger partial charge is 0.368 e. The molecule has 0 aromatic heterocycles. The van der Waals surface area contributed by atoms with Gasteiger partial charge in [-0.3, -0.25) is 0 Å². The van der Waals surface area contributed by atoms with Gasteiger partial charge in [0.15, 0.2) is 0 Å². The highest BCUT2D eigenvalue weighted by molar-refractivity contribution is 6.31. The first-order valence-electron chi connectivity index (χ1n) is 8.50. The van der Waals surface area contributed by atoms with Gasteiger partial charge in [0.25, 0.3) is 0 Å². The van der Waals surface area contributed by atoms with Crippen LogP contribution in [0.1, 0.15) is 5.56 Å². The standard InChI is InChI=1S/C19H20Cl2FN3O/c20-15-3-1-2-14(12-15)6-7-23-19(26)25-10-8-24(9-11-25)16-4-5-18(22)17(21)13-16/h1-5,12-13H,6-11H2,(H,23,26). The minimum Gasteiger partial charge on any atom is -0.368 e. The summed E-state index contributed by atoms with van der Waals surface area (Å²) in [5.41, 5.74) is 1.97. The lowest BCUT2D eigenvalue weighted by Crippen LogP contribution is -2.52. The third-order valence-electron chi connectivity index (χ3n) is 4.41. The molecule has 1 heterocycles. The van der Waals surface area contributed by atoms with E-state index < -0.39 is 5.82 Å². The highest BCUT2D eigenvalue weighted by Gasteiger charge is 2.21. The zero-order valence-electron chi connectivity index (χ0n) is 14.2. The fraction of sp³-hybridized carbons (Fsp3) is 0.316. The number of urea groups is 1. The molecule has 0 atom stereocenters. The Labute approximate surface area is 162 Å². The molecular weight excluding hydrogens is 376 g/mol. The highest BCUT2D eigenvalue weighted by Crippen LogP contribution is 2.23. The van der Waals surface area contributed by atoms with E-state index in [0.29, 0.717) is 37.7 Å². The Hall–Kier alpha value is -1.98. The number of amides is 2. The van der Waals surface area contributed by atoms with E-state index in [-0.39, 0.29) is 11.1 Å². The Morgan fingerprint density at radius 3 is 2.54 bits per heavy atom. The van der Waals surface area contributed by atoms with Gasteiger partial charge < -0.3 is 15.1 Å². The molecule has 3 rings (SSSR count). The van der Waals surface area contributed by atoms with Gasteiger partial charge in [-0.25, -0.2) is 9.18 Å². The molecule has 0 radical (unpaired) electrons. The number of carbonyl (C=O) groups excluding carboxylic acids is 1. The Kier molecular flexibility index (Phi) is 6.22. The average Bonchev–Trinajstić information content (AvgIpc) is 2.64. The highest BCUT2D eigenvalue weighted by atomic mass is 35.5. The van der Waals surface area contributed by atoms with E-state index >= 15 is 0 Å². The molecule has 2 amide bonds. The number of anilines is 1. The van der Waals surface area contributed by atoms with E-state index in [0.717, 1.165) is 17.7 Å². The summed E-state index contributed by atoms with van der Waals surface area (Å²) >= 11 is 11.8. The van der Waals surface area contributed by atoms with Gasteiger partial charge in [0.1, 0.15) is 5.82 Å². The van der Waals surface area contributed by atoms with Gasteiger partial charge in [-0.15, -0.1) is 0 Å². The molecule has 0 saturated carbocycles. The molecule has 2 aromatic rings. The van der Waals surface area contributed by atoms with Crippen molar-refractivity contribution in [3.63, 3.8) is 0 Å². The molecule has 1 aliphatic rings. The smallest absolute Gasteiger partial charge is 0.317 e. The van der Waals surface area contributed by atoms with Crippen molar-refractivity contribution in [1.29, 1.82) is 0 Å². The van der Waals surface area contributed by atoms with Crippen LogP contribution in [0.15, 0.2) is 42.5 Å². The molecule has 2 aromatic carbocycles. The first-order valence-corrected chi connectivity index (χ1v) is 9.26. The van der Waals surface area contributed by atoms with Crippen LogP contribution in [-0.4, -0.2) is 43.7 Å². The minimum absolute atomic E-state index is 0.0659. The van der Waals surface area contributed by atoms with Crippen LogP contribution >= 0.6 is 23.2 Å². The lowest BCUT2D eigenvalue weighted by Gasteiger charge is -2.36. The third-order valence-corrected chi connectivity index (χ3v) is 4.94. The maximum absolute atomic E-state index is 13.3. The monoisotopic (exact) mass is 395 g/mol. The van der Waals surface area contributed by atoms with Crippen molar-refractivity contribution < 1.29 is 9.18 Å². The lowest BCUT2D eigenvalue weighted by molar-refractivity contribution is 0.194. The summed E-state index contributed by atoms with van der Waals surface area (Å²) in [5, 5.41) is 3.76. The SMILES string of the molecule is O=C(NCCc1cccc(Cl)c1)N1CCN(c2ccc(F)c(Cl)c2)CC1. The van der Waals surface area contributed by atoms with Crippen molar-refractivity contribution in [2.45, 2.75) is 6.42 Å². The van der Waals surface area contributed by atoms with Crippen molar-refractivity contribution in [2.24, 2.45) is 0 Å². The quantitative estimate of drug-likeness (QED) is 0.841. The van der Waals surface area contributed by atoms with Gasteiger partial charge in [-0.05, 0) is 42.3 Å². The number of rotatable bonds is 4. The summed E-state index contributed by atoms with van der Waals surface area (Å²) in [6.45, 7) is 3.15. The molecule has 0 unspecified atom stereocenters. The fourth-order valence-electron chi connectivity index (χ4n) is 2.97. The number of nitrogens with one attached hydrogen (secondary N) is 1. The van der Waals surface area contributed by atoms with E-state index in [1.54, 1.807) is 17.0 Å². The summed E-state index contributed by atoms with van der Waals surface area (Å²) < 4.78 is 13.3. The molecule has 0 bridgehead atoms.